The van der Waals surface area contributed by atoms with E-state index in [1.54, 1.807) is 18.3 Å². The van der Waals surface area contributed by atoms with Crippen LogP contribution in [0.15, 0.2) is 15.5 Å². The highest BCUT2D eigenvalue weighted by Gasteiger charge is 2.36. The van der Waals surface area contributed by atoms with Crippen LogP contribution < -0.4 is 0 Å². The molecule has 0 N–H and O–H groups in total. The van der Waals surface area contributed by atoms with Crippen LogP contribution in [0.25, 0.3) is 0 Å². The molecular weight excluding hydrogens is 306 g/mol. The summed E-state index contributed by atoms with van der Waals surface area (Å²) in [7, 11) is 0. The van der Waals surface area contributed by atoms with E-state index < -0.39 is 6.04 Å². The number of carbonyl (C=O) groups is 1. The van der Waals surface area contributed by atoms with Crippen molar-refractivity contribution in [2.24, 2.45) is 4.99 Å². The van der Waals surface area contributed by atoms with Gasteiger partial charge in [0.1, 0.15) is 0 Å². The molecule has 0 spiro atoms. The van der Waals surface area contributed by atoms with Gasteiger partial charge in [0.25, 0.3) is 0 Å². The first-order valence-electron chi connectivity index (χ1n) is 5.23. The maximum atomic E-state index is 11.7. The second-order valence-electron chi connectivity index (χ2n) is 3.56. The molecule has 2 heterocycles. The van der Waals surface area contributed by atoms with Crippen LogP contribution in [-0.2, 0) is 14.3 Å². The molecule has 2 rings (SSSR count). The number of nitrogens with zero attached hydrogens (tertiary/aromatic N) is 1. The van der Waals surface area contributed by atoms with Crippen LogP contribution in [0.5, 0.6) is 0 Å². The van der Waals surface area contributed by atoms with Crippen molar-refractivity contribution in [3.8, 4) is 0 Å². The van der Waals surface area contributed by atoms with Gasteiger partial charge in [-0.25, -0.2) is 9.79 Å². The van der Waals surface area contributed by atoms with Crippen LogP contribution in [0, 0.1) is 6.92 Å². The summed E-state index contributed by atoms with van der Waals surface area (Å²) >= 11 is 5.04. The fourth-order valence-electron chi connectivity index (χ4n) is 1.58. The zero-order valence-electron chi connectivity index (χ0n) is 9.47. The van der Waals surface area contributed by atoms with Crippen molar-refractivity contribution >= 4 is 39.6 Å². The van der Waals surface area contributed by atoms with Crippen molar-refractivity contribution in [1.29, 1.82) is 0 Å². The number of hydrogen-bond donors (Lipinski definition) is 0. The largest absolute Gasteiger partial charge is 0.472 e. The molecule has 0 saturated carbocycles. The third kappa shape index (κ3) is 2.52. The van der Waals surface area contributed by atoms with Gasteiger partial charge in [0.15, 0.2) is 18.5 Å². The Morgan fingerprint density at radius 1 is 1.71 bits per heavy atom. The molecule has 6 heteroatoms. The summed E-state index contributed by atoms with van der Waals surface area (Å²) in [4.78, 5) is 17.8. The molecule has 92 valence electrons. The minimum atomic E-state index is -0.583. The average Bonchev–Trinajstić information content (AvgIpc) is 2.87. The molecule has 1 aliphatic rings. The summed E-state index contributed by atoms with van der Waals surface area (Å²) in [5.41, 5.74) is 0. The van der Waals surface area contributed by atoms with Crippen molar-refractivity contribution in [2.45, 2.75) is 26.0 Å². The number of aryl methyl sites for hydroxylation is 1. The molecular formula is C11H12BrNO3S. The standard InChI is InChI=1S/C11H12BrNO3S/c1-3-15-11(14)9-10(16-5-13-9)8-4-7(12)6(2)17-8/h4-5,9-10H,3H2,1-2H3. The first kappa shape index (κ1) is 12.6. The number of carbonyl (C=O) groups excluding carboxylic acids is 1. The highest BCUT2D eigenvalue weighted by atomic mass is 79.9. The monoisotopic (exact) mass is 317 g/mol. The lowest BCUT2D eigenvalue weighted by molar-refractivity contribution is -0.146. The Labute approximate surface area is 112 Å². The SMILES string of the molecule is CCOC(=O)C1N=COC1c1cc(Br)c(C)s1. The molecule has 2 unspecified atom stereocenters. The molecule has 0 bridgehead atoms. The highest BCUT2D eigenvalue weighted by Crippen LogP contribution is 2.36. The molecule has 0 amide bonds. The lowest BCUT2D eigenvalue weighted by atomic mass is 10.1. The van der Waals surface area contributed by atoms with Crippen LogP contribution in [0.2, 0.25) is 0 Å². The first-order valence-corrected chi connectivity index (χ1v) is 6.84. The fraction of sp³-hybridized carbons (Fsp3) is 0.455. The summed E-state index contributed by atoms with van der Waals surface area (Å²) in [6.07, 6.45) is 0.971. The van der Waals surface area contributed by atoms with E-state index in [4.69, 9.17) is 9.47 Å². The van der Waals surface area contributed by atoms with Gasteiger partial charge in [0.05, 0.1) is 6.61 Å². The molecule has 0 saturated heterocycles. The number of esters is 1. The smallest absolute Gasteiger partial charge is 0.335 e. The topological polar surface area (TPSA) is 47.9 Å². The summed E-state index contributed by atoms with van der Waals surface area (Å²) in [5, 5.41) is 0. The summed E-state index contributed by atoms with van der Waals surface area (Å²) in [5.74, 6) is -0.339. The van der Waals surface area contributed by atoms with E-state index in [-0.39, 0.29) is 12.1 Å². The number of hydrogen-bond acceptors (Lipinski definition) is 5. The Balaban J connectivity index is 2.18. The molecule has 2 atom stereocenters. The quantitative estimate of drug-likeness (QED) is 0.805. The van der Waals surface area contributed by atoms with Crippen LogP contribution in [0.4, 0.5) is 0 Å². The highest BCUT2D eigenvalue weighted by molar-refractivity contribution is 9.10. The molecule has 4 nitrogen and oxygen atoms in total. The van der Waals surface area contributed by atoms with Gasteiger partial charge in [-0.15, -0.1) is 11.3 Å². The van der Waals surface area contributed by atoms with Gasteiger partial charge in [-0.1, -0.05) is 0 Å². The second kappa shape index (κ2) is 5.18. The zero-order valence-corrected chi connectivity index (χ0v) is 11.9. The third-order valence-electron chi connectivity index (χ3n) is 2.40. The molecule has 1 aliphatic heterocycles. The van der Waals surface area contributed by atoms with Gasteiger partial charge < -0.3 is 9.47 Å². The van der Waals surface area contributed by atoms with Crippen molar-refractivity contribution < 1.29 is 14.3 Å². The summed E-state index contributed by atoms with van der Waals surface area (Å²) in [6.45, 7) is 4.14. The molecule has 0 aliphatic carbocycles. The minimum Gasteiger partial charge on any atom is -0.472 e. The van der Waals surface area contributed by atoms with Crippen LogP contribution in [-0.4, -0.2) is 25.0 Å². The third-order valence-corrected chi connectivity index (χ3v) is 4.60. The maximum Gasteiger partial charge on any atom is 0.335 e. The van der Waals surface area contributed by atoms with Gasteiger partial charge in [0.2, 0.25) is 0 Å². The predicted octanol–water partition coefficient (Wildman–Crippen LogP) is 2.85. The van der Waals surface area contributed by atoms with Crippen molar-refractivity contribution in [2.75, 3.05) is 6.61 Å². The zero-order chi connectivity index (χ0) is 12.4. The number of thiophene rings is 1. The summed E-state index contributed by atoms with van der Waals surface area (Å²) < 4.78 is 11.4. The number of aliphatic imine (C=N–C) groups is 1. The van der Waals surface area contributed by atoms with E-state index in [0.717, 1.165) is 14.2 Å². The maximum absolute atomic E-state index is 11.7. The van der Waals surface area contributed by atoms with Crippen molar-refractivity contribution in [1.82, 2.24) is 0 Å². The average molecular weight is 318 g/mol. The van der Waals surface area contributed by atoms with Gasteiger partial charge in [-0.3, -0.25) is 0 Å². The summed E-state index contributed by atoms with van der Waals surface area (Å²) in [6, 6.07) is 1.38. The fourth-order valence-corrected chi connectivity index (χ4v) is 3.20. The van der Waals surface area contributed by atoms with Gasteiger partial charge >= 0.3 is 5.97 Å². The van der Waals surface area contributed by atoms with Gasteiger partial charge in [0, 0.05) is 14.2 Å². The van der Waals surface area contributed by atoms with E-state index >= 15 is 0 Å². The first-order chi connectivity index (χ1) is 8.13. The van der Waals surface area contributed by atoms with E-state index in [1.807, 2.05) is 13.0 Å². The lowest BCUT2D eigenvalue weighted by Crippen LogP contribution is -2.25. The van der Waals surface area contributed by atoms with Crippen LogP contribution >= 0.6 is 27.3 Å². The normalized spacial score (nSPS) is 22.5. The molecule has 17 heavy (non-hydrogen) atoms. The second-order valence-corrected chi connectivity index (χ2v) is 5.70. The van der Waals surface area contributed by atoms with E-state index in [1.165, 1.54) is 6.40 Å². The van der Waals surface area contributed by atoms with Crippen LogP contribution in [0.3, 0.4) is 0 Å². The minimum absolute atomic E-state index is 0.339. The molecule has 0 aromatic carbocycles. The van der Waals surface area contributed by atoms with Gasteiger partial charge in [-0.05, 0) is 35.8 Å². The van der Waals surface area contributed by atoms with Crippen molar-refractivity contribution in [3.63, 3.8) is 0 Å². The Hall–Kier alpha value is -0.880. The molecule has 1 aromatic rings. The number of rotatable bonds is 3. The predicted molar refractivity (Wildman–Crippen MR) is 69.5 cm³/mol. The van der Waals surface area contributed by atoms with E-state index in [2.05, 4.69) is 20.9 Å². The number of halogens is 1. The van der Waals surface area contributed by atoms with E-state index in [9.17, 15) is 4.79 Å². The lowest BCUT2D eigenvalue weighted by Gasteiger charge is -2.14. The van der Waals surface area contributed by atoms with E-state index in [0.29, 0.717) is 6.61 Å². The van der Waals surface area contributed by atoms with Gasteiger partial charge in [-0.2, -0.15) is 0 Å². The van der Waals surface area contributed by atoms with Crippen LogP contribution in [0.1, 0.15) is 22.8 Å². The Morgan fingerprint density at radius 2 is 2.47 bits per heavy atom. The Morgan fingerprint density at radius 3 is 3.06 bits per heavy atom. The molecule has 0 fully saturated rings. The Kier molecular flexibility index (Phi) is 3.83. The number of ether oxygens (including phenoxy) is 2. The Bertz CT molecular complexity index is 438. The molecule has 1 aromatic heterocycles. The molecule has 0 radical (unpaired) electrons. The van der Waals surface area contributed by atoms with Crippen molar-refractivity contribution in [3.05, 3.63) is 20.3 Å².